The first-order valence-electron chi connectivity index (χ1n) is 10.0. The molecule has 0 aliphatic heterocycles. The normalized spacial score (nSPS) is 10.8. The van der Waals surface area contributed by atoms with Gasteiger partial charge in [-0.15, -0.1) is 0 Å². The lowest BCUT2D eigenvalue weighted by Gasteiger charge is -2.35. The molecule has 1 atom stereocenters. The van der Waals surface area contributed by atoms with Crippen LogP contribution in [0.15, 0.2) is 140 Å². The predicted octanol–water partition coefficient (Wildman–Crippen LogP) is 8.13. The first-order valence-corrected chi connectivity index (χ1v) is 11.1. The Hall–Kier alpha value is -3.21. The molecule has 1 unspecified atom stereocenters. The van der Waals surface area contributed by atoms with Crippen molar-refractivity contribution in [2.75, 3.05) is 0 Å². The van der Waals surface area contributed by atoms with Gasteiger partial charge in [0.05, 0.1) is 5.16 Å². The fourth-order valence-corrected chi connectivity index (χ4v) is 4.86. The van der Waals surface area contributed by atoms with Crippen LogP contribution in [0.4, 0.5) is 0 Å². The Morgan fingerprint density at radius 2 is 0.833 bits per heavy atom. The third-order valence-electron chi connectivity index (χ3n) is 4.97. The predicted molar refractivity (Wildman–Crippen MR) is 134 cm³/mol. The molecule has 148 valence electrons. The van der Waals surface area contributed by atoms with Gasteiger partial charge in [0.1, 0.15) is 0 Å². The van der Waals surface area contributed by atoms with E-state index in [-0.39, 0.29) is 5.16 Å². The molecule has 0 radical (unpaired) electrons. The number of benzene rings is 4. The first-order chi connectivity index (χ1) is 14.8. The second kappa shape index (κ2) is 11.1. The van der Waals surface area contributed by atoms with E-state index < -0.39 is 0 Å². The van der Waals surface area contributed by atoms with Gasteiger partial charge in [-0.3, -0.25) is 0 Å². The highest BCUT2D eigenvalue weighted by atomic mass is 31.1. The average molecular weight is 407 g/mol. The second-order valence-electron chi connectivity index (χ2n) is 6.81. The molecule has 0 N–H and O–H groups in total. The molecule has 0 saturated carbocycles. The van der Waals surface area contributed by atoms with Gasteiger partial charge in [0.25, 0.3) is 0 Å². The molecule has 1 heteroatoms. The number of hydrogen-bond donors (Lipinski definition) is 0. The van der Waals surface area contributed by atoms with Crippen LogP contribution in [0, 0.1) is 0 Å². The van der Waals surface area contributed by atoms with Crippen LogP contribution in [0.5, 0.6) is 0 Å². The van der Waals surface area contributed by atoms with E-state index >= 15 is 0 Å². The van der Waals surface area contributed by atoms with Crippen molar-refractivity contribution in [3.63, 3.8) is 0 Å². The highest BCUT2D eigenvalue weighted by molar-refractivity contribution is 7.43. The summed E-state index contributed by atoms with van der Waals surface area (Å²) in [6.07, 6.45) is 1.83. The van der Waals surface area contributed by atoms with Crippen LogP contribution in [0.3, 0.4) is 0 Å². The van der Waals surface area contributed by atoms with Crippen LogP contribution in [0.2, 0.25) is 0 Å². The Morgan fingerprint density at radius 3 is 1.10 bits per heavy atom. The van der Waals surface area contributed by atoms with Crippen molar-refractivity contribution in [2.24, 2.45) is 0 Å². The third kappa shape index (κ3) is 5.03. The molecule has 4 rings (SSSR count). The highest BCUT2D eigenvalue weighted by Crippen LogP contribution is 2.52. The molecule has 0 heterocycles. The van der Waals surface area contributed by atoms with Crippen LogP contribution < -0.4 is 0 Å². The fraction of sp³-hybridized carbons (Fsp3) is 0.0345. The summed E-state index contributed by atoms with van der Waals surface area (Å²) in [4.78, 5) is 0. The average Bonchev–Trinajstić information content (AvgIpc) is 2.85. The van der Waals surface area contributed by atoms with Crippen molar-refractivity contribution in [1.82, 2.24) is 0 Å². The van der Waals surface area contributed by atoms with E-state index in [0.717, 1.165) is 0 Å². The SMILES string of the molecule is C=CPC(c1ccccc1)(c1ccccc1)c1ccccc1.C=Cc1ccccc1. The van der Waals surface area contributed by atoms with E-state index in [1.807, 2.05) is 42.2 Å². The van der Waals surface area contributed by atoms with Crippen molar-refractivity contribution >= 4 is 14.7 Å². The molecule has 30 heavy (non-hydrogen) atoms. The van der Waals surface area contributed by atoms with Crippen LogP contribution in [-0.4, -0.2) is 0 Å². The molecule has 0 bridgehead atoms. The summed E-state index contributed by atoms with van der Waals surface area (Å²) in [5, 5.41) is -0.161. The van der Waals surface area contributed by atoms with Crippen LogP contribution in [-0.2, 0) is 5.16 Å². The third-order valence-corrected chi connectivity index (χ3v) is 6.48. The zero-order chi connectivity index (χ0) is 21.1. The molecule has 4 aromatic rings. The maximum atomic E-state index is 4.03. The van der Waals surface area contributed by atoms with E-state index in [2.05, 4.69) is 104 Å². The molecule has 0 aliphatic carbocycles. The van der Waals surface area contributed by atoms with Gasteiger partial charge < -0.3 is 0 Å². The summed E-state index contributed by atoms with van der Waals surface area (Å²) in [5.74, 6) is 2.05. The molecule has 0 saturated heterocycles. The molecule has 4 aromatic carbocycles. The lowest BCUT2D eigenvalue weighted by atomic mass is 9.84. The van der Waals surface area contributed by atoms with Crippen molar-refractivity contribution in [2.45, 2.75) is 5.16 Å². The number of rotatable bonds is 6. The van der Waals surface area contributed by atoms with E-state index in [1.54, 1.807) is 0 Å². The molecular weight excluding hydrogens is 379 g/mol. The van der Waals surface area contributed by atoms with Gasteiger partial charge in [-0.2, -0.15) is 0 Å². The Bertz CT molecular complexity index is 926. The quantitative estimate of drug-likeness (QED) is 0.224. The van der Waals surface area contributed by atoms with E-state index in [0.29, 0.717) is 8.58 Å². The van der Waals surface area contributed by atoms with E-state index in [4.69, 9.17) is 0 Å². The van der Waals surface area contributed by atoms with Crippen LogP contribution >= 0.6 is 8.58 Å². The van der Waals surface area contributed by atoms with Gasteiger partial charge >= 0.3 is 0 Å². The van der Waals surface area contributed by atoms with Crippen molar-refractivity contribution in [1.29, 1.82) is 0 Å². The van der Waals surface area contributed by atoms with Crippen molar-refractivity contribution in [3.8, 4) is 0 Å². The van der Waals surface area contributed by atoms with Crippen LogP contribution in [0.1, 0.15) is 22.3 Å². The lowest BCUT2D eigenvalue weighted by molar-refractivity contribution is 0.891. The highest BCUT2D eigenvalue weighted by Gasteiger charge is 2.34. The fourth-order valence-electron chi connectivity index (χ4n) is 3.56. The Labute approximate surface area is 182 Å². The topological polar surface area (TPSA) is 0 Å². The zero-order valence-electron chi connectivity index (χ0n) is 17.1. The largest absolute Gasteiger partial charge is 0.0988 e. The smallest absolute Gasteiger partial charge is 0.0655 e. The van der Waals surface area contributed by atoms with Gasteiger partial charge in [0.2, 0.25) is 0 Å². The minimum atomic E-state index is -0.161. The zero-order valence-corrected chi connectivity index (χ0v) is 18.1. The van der Waals surface area contributed by atoms with Gasteiger partial charge in [0, 0.05) is 0 Å². The minimum absolute atomic E-state index is 0.161. The van der Waals surface area contributed by atoms with Crippen LogP contribution in [0.25, 0.3) is 6.08 Å². The van der Waals surface area contributed by atoms with Gasteiger partial charge in [-0.05, 0) is 22.3 Å². The Morgan fingerprint density at radius 1 is 0.500 bits per heavy atom. The second-order valence-corrected chi connectivity index (χ2v) is 8.26. The molecule has 0 spiro atoms. The van der Waals surface area contributed by atoms with E-state index in [1.165, 1.54) is 22.3 Å². The summed E-state index contributed by atoms with van der Waals surface area (Å²) in [6, 6.07) is 42.2. The van der Waals surface area contributed by atoms with E-state index in [9.17, 15) is 0 Å². The Kier molecular flexibility index (Phi) is 7.95. The molecule has 0 nitrogen and oxygen atoms in total. The first kappa shape index (κ1) is 21.5. The van der Waals surface area contributed by atoms with Gasteiger partial charge in [-0.1, -0.05) is 155 Å². The molecular formula is C29H27P. The Balaban J connectivity index is 0.000000269. The minimum Gasteiger partial charge on any atom is -0.0988 e. The molecule has 0 amide bonds. The number of hydrogen-bond acceptors (Lipinski definition) is 0. The van der Waals surface area contributed by atoms with Gasteiger partial charge in [-0.25, -0.2) is 0 Å². The standard InChI is InChI=1S/C21H19P.C8H8/c1-2-22-21(18-12-6-3-7-13-18,19-14-8-4-9-15-19)20-16-10-5-11-17-20;1-2-8-6-4-3-5-7-8/h2-17,22H,1H2;2-7H,1H2. The summed E-state index contributed by atoms with van der Waals surface area (Å²) in [5.41, 5.74) is 5.11. The summed E-state index contributed by atoms with van der Waals surface area (Å²) in [7, 11) is 0.572. The molecule has 0 fully saturated rings. The summed E-state index contributed by atoms with van der Waals surface area (Å²) >= 11 is 0. The van der Waals surface area contributed by atoms with Crippen molar-refractivity contribution < 1.29 is 0 Å². The molecule has 0 aliphatic rings. The van der Waals surface area contributed by atoms with Gasteiger partial charge in [0.15, 0.2) is 0 Å². The lowest BCUT2D eigenvalue weighted by Crippen LogP contribution is -2.23. The monoisotopic (exact) mass is 406 g/mol. The maximum Gasteiger partial charge on any atom is 0.0655 e. The summed E-state index contributed by atoms with van der Waals surface area (Å²) < 4.78 is 0. The summed E-state index contributed by atoms with van der Waals surface area (Å²) in [6.45, 7) is 7.67. The maximum absolute atomic E-state index is 4.03. The van der Waals surface area contributed by atoms with Crippen molar-refractivity contribution in [3.05, 3.63) is 163 Å². The molecule has 0 aromatic heterocycles.